The molecule has 0 bridgehead atoms. The quantitative estimate of drug-likeness (QED) is 0.343. The van der Waals surface area contributed by atoms with Crippen LogP contribution >= 0.6 is 0 Å². The summed E-state index contributed by atoms with van der Waals surface area (Å²) >= 11 is 0. The van der Waals surface area contributed by atoms with Crippen molar-refractivity contribution >= 4 is 17.8 Å². The summed E-state index contributed by atoms with van der Waals surface area (Å²) in [5.74, 6) is 0.688. The van der Waals surface area contributed by atoms with Gasteiger partial charge in [-0.1, -0.05) is 6.08 Å². The highest BCUT2D eigenvalue weighted by atomic mass is 16.6. The Kier molecular flexibility index (Phi) is 7.23. The first-order valence-corrected chi connectivity index (χ1v) is 15.6. The molecule has 0 aliphatic carbocycles. The van der Waals surface area contributed by atoms with E-state index in [0.717, 1.165) is 29.5 Å². The van der Waals surface area contributed by atoms with Crippen molar-refractivity contribution in [2.75, 3.05) is 32.7 Å². The maximum absolute atomic E-state index is 13.9. The number of ketones is 1. The number of benzene rings is 2. The molecule has 2 aromatic carbocycles. The zero-order valence-electron chi connectivity index (χ0n) is 26.0. The van der Waals surface area contributed by atoms with Gasteiger partial charge in [-0.25, -0.2) is 28.3 Å². The van der Waals surface area contributed by atoms with Crippen molar-refractivity contribution in [3.8, 4) is 17.2 Å². The first kappa shape index (κ1) is 29.8. The highest BCUT2D eigenvalue weighted by molar-refractivity contribution is 5.94. The Hall–Kier alpha value is -4.91. The summed E-state index contributed by atoms with van der Waals surface area (Å²) in [4.78, 5) is 68.4. The van der Waals surface area contributed by atoms with Crippen LogP contribution in [0.1, 0.15) is 55.6 Å². The summed E-state index contributed by atoms with van der Waals surface area (Å²) in [6.07, 6.45) is 3.23. The molecule has 7 rings (SSSR count). The first-order chi connectivity index (χ1) is 22.0. The van der Waals surface area contributed by atoms with Gasteiger partial charge in [-0.3, -0.25) is 9.59 Å². The van der Waals surface area contributed by atoms with E-state index in [4.69, 9.17) is 9.47 Å². The van der Waals surface area contributed by atoms with Gasteiger partial charge in [0.25, 0.3) is 0 Å². The van der Waals surface area contributed by atoms with E-state index in [0.29, 0.717) is 48.7 Å². The smallest absolute Gasteiger partial charge is 0.415 e. The number of allylic oxidation sites excluding steroid dienone is 1. The average Bonchev–Trinajstić information content (AvgIpc) is 3.67. The molecule has 2 atom stereocenters. The third-order valence-corrected chi connectivity index (χ3v) is 9.37. The van der Waals surface area contributed by atoms with Gasteiger partial charge in [0.15, 0.2) is 5.78 Å². The van der Waals surface area contributed by atoms with Crippen molar-refractivity contribution < 1.29 is 23.9 Å². The summed E-state index contributed by atoms with van der Waals surface area (Å²) in [5, 5.41) is 3.23. The summed E-state index contributed by atoms with van der Waals surface area (Å²) in [6.45, 7) is 7.92. The molecule has 2 saturated heterocycles. The Morgan fingerprint density at radius 2 is 1.67 bits per heavy atom. The molecule has 0 saturated carbocycles. The molecule has 13 heteroatoms. The normalized spacial score (nSPS) is 21.4. The van der Waals surface area contributed by atoms with Gasteiger partial charge in [-0.2, -0.15) is 0 Å². The molecule has 0 spiro atoms. The van der Waals surface area contributed by atoms with Gasteiger partial charge < -0.3 is 24.6 Å². The summed E-state index contributed by atoms with van der Waals surface area (Å²) in [7, 11) is 0. The van der Waals surface area contributed by atoms with Crippen molar-refractivity contribution in [3.05, 3.63) is 86.2 Å². The Bertz CT molecular complexity index is 1890. The van der Waals surface area contributed by atoms with Gasteiger partial charge in [0.2, 0.25) is 5.91 Å². The van der Waals surface area contributed by atoms with E-state index in [-0.39, 0.29) is 30.0 Å². The molecule has 3 aromatic rings. The van der Waals surface area contributed by atoms with Gasteiger partial charge in [0, 0.05) is 43.4 Å². The van der Waals surface area contributed by atoms with Crippen LogP contribution in [0.15, 0.2) is 63.7 Å². The number of amides is 2. The average molecular weight is 629 g/mol. The predicted molar refractivity (Wildman–Crippen MR) is 167 cm³/mol. The van der Waals surface area contributed by atoms with Gasteiger partial charge in [-0.05, 0) is 82.1 Å². The van der Waals surface area contributed by atoms with Crippen LogP contribution in [0.5, 0.6) is 11.5 Å². The van der Waals surface area contributed by atoms with Gasteiger partial charge >= 0.3 is 17.5 Å². The fourth-order valence-electron chi connectivity index (χ4n) is 6.90. The molecule has 2 amide bonds. The molecule has 46 heavy (non-hydrogen) atoms. The monoisotopic (exact) mass is 628 g/mol. The van der Waals surface area contributed by atoms with Gasteiger partial charge in [0.1, 0.15) is 23.1 Å². The van der Waals surface area contributed by atoms with Crippen molar-refractivity contribution in [1.29, 1.82) is 0 Å². The van der Waals surface area contributed by atoms with Crippen LogP contribution in [-0.2, 0) is 11.3 Å². The molecule has 240 valence electrons. The number of fused-ring (bicyclic) bond motifs is 5. The number of carbonyl (C=O) groups is 3. The molecule has 4 aliphatic heterocycles. The van der Waals surface area contributed by atoms with Crippen molar-refractivity contribution in [1.82, 2.24) is 29.0 Å². The van der Waals surface area contributed by atoms with Crippen LogP contribution in [0.2, 0.25) is 0 Å². The standard InChI is InChI=1S/C33H36N6O7/c1-20(40)21-6-8-22(9-7-21)38-30(42)37-14-12-25-28(39(37)31(38)43)24-11-10-23(19-27(24)46-33(25,2)3)45-32(44)36-17-15-35(16-18-36)29(41)26-5-4-13-34-26/h6-12,19,26,28,34H,4-5,13-18H2,1-3H3/t26-,28?/m0/s1. The Balaban J connectivity index is 1.14. The van der Waals surface area contributed by atoms with Crippen molar-refractivity contribution in [2.45, 2.75) is 57.8 Å². The third-order valence-electron chi connectivity index (χ3n) is 9.37. The third kappa shape index (κ3) is 4.95. The largest absolute Gasteiger partial charge is 0.483 e. The maximum Gasteiger partial charge on any atom is 0.415 e. The molecule has 1 unspecified atom stereocenters. The topological polar surface area (TPSA) is 137 Å². The lowest BCUT2D eigenvalue weighted by molar-refractivity contribution is -0.134. The van der Waals surface area contributed by atoms with Crippen LogP contribution in [0.25, 0.3) is 5.69 Å². The molecular weight excluding hydrogens is 592 g/mol. The lowest BCUT2D eigenvalue weighted by Crippen LogP contribution is -2.54. The minimum Gasteiger partial charge on any atom is -0.483 e. The number of piperazine rings is 1. The van der Waals surface area contributed by atoms with E-state index in [1.54, 1.807) is 52.3 Å². The number of Topliss-reactive ketones (excluding diaryl/α,β-unsaturated/α-hetero) is 1. The Morgan fingerprint density at radius 1 is 0.957 bits per heavy atom. The van der Waals surface area contributed by atoms with Crippen LogP contribution in [0.4, 0.5) is 4.79 Å². The van der Waals surface area contributed by atoms with E-state index in [1.807, 2.05) is 19.9 Å². The number of aromatic nitrogens is 3. The fourth-order valence-corrected chi connectivity index (χ4v) is 6.90. The second-order valence-corrected chi connectivity index (χ2v) is 12.6. The molecule has 2 fully saturated rings. The number of nitrogens with one attached hydrogen (secondary N) is 1. The minimum atomic E-state index is -0.830. The highest BCUT2D eigenvalue weighted by Gasteiger charge is 2.44. The van der Waals surface area contributed by atoms with Crippen molar-refractivity contribution in [2.24, 2.45) is 0 Å². The predicted octanol–water partition coefficient (Wildman–Crippen LogP) is 2.10. The fraction of sp³-hybridized carbons (Fsp3) is 0.424. The second-order valence-electron chi connectivity index (χ2n) is 12.6. The van der Waals surface area contributed by atoms with Crippen LogP contribution < -0.4 is 26.2 Å². The van der Waals surface area contributed by atoms with Crippen LogP contribution in [0, 0.1) is 0 Å². The number of rotatable bonds is 4. The van der Waals surface area contributed by atoms with Gasteiger partial charge in [0.05, 0.1) is 18.3 Å². The SMILES string of the molecule is CC(=O)c1ccc(-n2c(=O)n3n(c2=O)C2C(=CC3)C(C)(C)Oc3cc(OC(=O)N4CCN(C(=O)[C@@H]5CCCN5)CC4)ccc32)cc1. The first-order valence-electron chi connectivity index (χ1n) is 15.6. The lowest BCUT2D eigenvalue weighted by atomic mass is 9.83. The molecule has 5 heterocycles. The zero-order valence-corrected chi connectivity index (χ0v) is 26.0. The van der Waals surface area contributed by atoms with E-state index in [9.17, 15) is 24.0 Å². The zero-order chi connectivity index (χ0) is 32.3. The van der Waals surface area contributed by atoms with E-state index in [2.05, 4.69) is 5.32 Å². The number of hydrogen-bond donors (Lipinski definition) is 1. The molecule has 0 radical (unpaired) electrons. The maximum atomic E-state index is 13.9. The molecule has 1 N–H and O–H groups in total. The summed E-state index contributed by atoms with van der Waals surface area (Å²) in [5.41, 5.74) is 0.489. The van der Waals surface area contributed by atoms with E-state index in [1.165, 1.54) is 16.3 Å². The summed E-state index contributed by atoms with van der Waals surface area (Å²) in [6, 6.07) is 10.6. The van der Waals surface area contributed by atoms with Gasteiger partial charge in [-0.15, -0.1) is 0 Å². The Morgan fingerprint density at radius 3 is 2.35 bits per heavy atom. The number of hydrogen-bond acceptors (Lipinski definition) is 8. The van der Waals surface area contributed by atoms with Crippen molar-refractivity contribution in [3.63, 3.8) is 0 Å². The molecular formula is C33H36N6O7. The molecule has 1 aromatic heterocycles. The van der Waals surface area contributed by atoms with Crippen LogP contribution in [0.3, 0.4) is 0 Å². The molecule has 13 nitrogen and oxygen atoms in total. The lowest BCUT2D eigenvalue weighted by Gasteiger charge is -2.42. The van der Waals surface area contributed by atoms with E-state index >= 15 is 0 Å². The minimum absolute atomic E-state index is 0.0851. The Labute approximate surface area is 264 Å². The number of carbonyl (C=O) groups excluding carboxylic acids is 3. The number of ether oxygens (including phenoxy) is 2. The second kappa shape index (κ2) is 11.2. The van der Waals surface area contributed by atoms with Crippen LogP contribution in [-0.4, -0.2) is 85.9 Å². The highest BCUT2D eigenvalue weighted by Crippen LogP contribution is 2.47. The number of nitrogens with zero attached hydrogens (tertiary/aromatic N) is 5. The summed E-state index contributed by atoms with van der Waals surface area (Å²) < 4.78 is 16.1. The molecule has 4 aliphatic rings. The van der Waals surface area contributed by atoms with E-state index < -0.39 is 29.1 Å².